The van der Waals surface area contributed by atoms with Gasteiger partial charge < -0.3 is 14.0 Å². The SMILES string of the molecule is CCOC(=O)CCCSc1ccc(B2OC(C)(C)C(C)(C)O2)cc1F. The molecule has 0 bridgehead atoms. The third kappa shape index (κ3) is 4.99. The largest absolute Gasteiger partial charge is 0.494 e. The highest BCUT2D eigenvalue weighted by molar-refractivity contribution is 7.99. The van der Waals surface area contributed by atoms with Crippen LogP contribution >= 0.6 is 11.8 Å². The molecule has 0 radical (unpaired) electrons. The maximum absolute atomic E-state index is 14.4. The van der Waals surface area contributed by atoms with Crippen LogP contribution in [0.5, 0.6) is 0 Å². The number of hydrogen-bond donors (Lipinski definition) is 0. The highest BCUT2D eigenvalue weighted by atomic mass is 32.2. The first kappa shape index (κ1) is 20.3. The van der Waals surface area contributed by atoms with Crippen LogP contribution in [0.4, 0.5) is 4.39 Å². The summed E-state index contributed by atoms with van der Waals surface area (Å²) in [5.41, 5.74) is -0.226. The highest BCUT2D eigenvalue weighted by Crippen LogP contribution is 2.36. The molecular formula is C18H26BFO4S. The van der Waals surface area contributed by atoms with Gasteiger partial charge in [0.25, 0.3) is 0 Å². The Bertz CT molecular complexity index is 605. The number of hydrogen-bond acceptors (Lipinski definition) is 5. The average Bonchev–Trinajstić information content (AvgIpc) is 2.73. The van der Waals surface area contributed by atoms with Crippen molar-refractivity contribution in [2.45, 2.75) is 63.6 Å². The summed E-state index contributed by atoms with van der Waals surface area (Å²) in [6, 6.07) is 5.04. The van der Waals surface area contributed by atoms with Crippen molar-refractivity contribution in [1.82, 2.24) is 0 Å². The van der Waals surface area contributed by atoms with Gasteiger partial charge in [-0.3, -0.25) is 4.79 Å². The van der Waals surface area contributed by atoms with Crippen LogP contribution in [-0.2, 0) is 18.8 Å². The van der Waals surface area contributed by atoms with Crippen molar-refractivity contribution in [2.75, 3.05) is 12.4 Å². The summed E-state index contributed by atoms with van der Waals surface area (Å²) in [5, 5.41) is 0. The molecule has 0 atom stereocenters. The van der Waals surface area contributed by atoms with E-state index < -0.39 is 18.3 Å². The number of ether oxygens (including phenoxy) is 1. The Morgan fingerprint density at radius 3 is 2.44 bits per heavy atom. The van der Waals surface area contributed by atoms with E-state index in [-0.39, 0.29) is 11.8 Å². The van der Waals surface area contributed by atoms with Crippen LogP contribution in [0.15, 0.2) is 23.1 Å². The van der Waals surface area contributed by atoms with Crippen molar-refractivity contribution in [2.24, 2.45) is 0 Å². The third-order valence-electron chi connectivity index (χ3n) is 4.57. The maximum atomic E-state index is 14.4. The molecule has 1 aliphatic heterocycles. The fraction of sp³-hybridized carbons (Fsp3) is 0.611. The van der Waals surface area contributed by atoms with Gasteiger partial charge in [-0.05, 0) is 64.4 Å². The van der Waals surface area contributed by atoms with E-state index in [4.69, 9.17) is 14.0 Å². The Balaban J connectivity index is 1.92. The van der Waals surface area contributed by atoms with Gasteiger partial charge in [0, 0.05) is 11.3 Å². The number of benzene rings is 1. The van der Waals surface area contributed by atoms with Crippen LogP contribution < -0.4 is 5.46 Å². The summed E-state index contributed by atoms with van der Waals surface area (Å²) in [4.78, 5) is 11.8. The van der Waals surface area contributed by atoms with E-state index in [0.29, 0.717) is 35.6 Å². The van der Waals surface area contributed by atoms with Crippen LogP contribution in [-0.4, -0.2) is 36.6 Å². The van der Waals surface area contributed by atoms with E-state index in [1.807, 2.05) is 33.8 Å². The fourth-order valence-corrected chi connectivity index (χ4v) is 3.26. The molecule has 1 heterocycles. The topological polar surface area (TPSA) is 44.8 Å². The minimum atomic E-state index is -0.567. The number of rotatable bonds is 7. The summed E-state index contributed by atoms with van der Waals surface area (Å²) in [6.07, 6.45) is 1.01. The molecule has 7 heteroatoms. The number of halogens is 1. The van der Waals surface area contributed by atoms with Crippen molar-refractivity contribution in [3.05, 3.63) is 24.0 Å². The molecule has 138 valence electrons. The molecule has 2 rings (SSSR count). The lowest BCUT2D eigenvalue weighted by Crippen LogP contribution is -2.41. The minimum Gasteiger partial charge on any atom is -0.466 e. The van der Waals surface area contributed by atoms with Gasteiger partial charge in [-0.1, -0.05) is 6.07 Å². The highest BCUT2D eigenvalue weighted by Gasteiger charge is 2.51. The van der Waals surface area contributed by atoms with Crippen LogP contribution in [0.25, 0.3) is 0 Å². The molecule has 0 unspecified atom stereocenters. The van der Waals surface area contributed by atoms with E-state index in [2.05, 4.69) is 0 Å². The van der Waals surface area contributed by atoms with E-state index in [1.165, 1.54) is 17.8 Å². The Morgan fingerprint density at radius 1 is 1.24 bits per heavy atom. The molecule has 4 nitrogen and oxygen atoms in total. The summed E-state index contributed by atoms with van der Waals surface area (Å²) < 4.78 is 31.1. The normalized spacial score (nSPS) is 18.4. The molecule has 1 aliphatic rings. The molecule has 1 aromatic carbocycles. The molecule has 0 N–H and O–H groups in total. The number of thioether (sulfide) groups is 1. The Labute approximate surface area is 153 Å². The van der Waals surface area contributed by atoms with E-state index in [9.17, 15) is 9.18 Å². The van der Waals surface area contributed by atoms with Crippen molar-refractivity contribution in [3.8, 4) is 0 Å². The molecule has 1 fully saturated rings. The van der Waals surface area contributed by atoms with Crippen LogP contribution in [0.1, 0.15) is 47.5 Å². The molecule has 0 spiro atoms. The quantitative estimate of drug-likeness (QED) is 0.319. The predicted octanol–water partition coefficient (Wildman–Crippen LogP) is 3.56. The third-order valence-corrected chi connectivity index (χ3v) is 5.70. The molecular weight excluding hydrogens is 342 g/mol. The Kier molecular flexibility index (Phi) is 6.57. The second-order valence-electron chi connectivity index (χ2n) is 7.04. The average molecular weight is 368 g/mol. The van der Waals surface area contributed by atoms with Crippen molar-refractivity contribution in [3.63, 3.8) is 0 Å². The van der Waals surface area contributed by atoms with Gasteiger partial charge >= 0.3 is 13.1 Å². The summed E-state index contributed by atoms with van der Waals surface area (Å²) in [7, 11) is -0.567. The molecule has 0 amide bonds. The van der Waals surface area contributed by atoms with Crippen LogP contribution in [0.2, 0.25) is 0 Å². The predicted molar refractivity (Wildman–Crippen MR) is 98.7 cm³/mol. The zero-order valence-electron chi connectivity index (χ0n) is 15.6. The first-order chi connectivity index (χ1) is 11.7. The molecule has 0 saturated carbocycles. The van der Waals surface area contributed by atoms with E-state index >= 15 is 0 Å². The van der Waals surface area contributed by atoms with Crippen LogP contribution in [0, 0.1) is 5.82 Å². The molecule has 0 aromatic heterocycles. The Hall–Kier alpha value is -1.05. The second kappa shape index (κ2) is 8.10. The lowest BCUT2D eigenvalue weighted by atomic mass is 9.79. The molecule has 25 heavy (non-hydrogen) atoms. The zero-order chi connectivity index (χ0) is 18.7. The van der Waals surface area contributed by atoms with Gasteiger partial charge in [-0.15, -0.1) is 11.8 Å². The number of esters is 1. The van der Waals surface area contributed by atoms with Gasteiger partial charge in [0.05, 0.1) is 17.8 Å². The second-order valence-corrected chi connectivity index (χ2v) is 8.17. The lowest BCUT2D eigenvalue weighted by molar-refractivity contribution is -0.143. The smallest absolute Gasteiger partial charge is 0.466 e. The first-order valence-electron chi connectivity index (χ1n) is 8.60. The van der Waals surface area contributed by atoms with Gasteiger partial charge in [0.1, 0.15) is 5.82 Å². The molecule has 0 aliphatic carbocycles. The maximum Gasteiger partial charge on any atom is 0.494 e. The van der Waals surface area contributed by atoms with Gasteiger partial charge in [-0.2, -0.15) is 0 Å². The van der Waals surface area contributed by atoms with Crippen molar-refractivity contribution < 1.29 is 23.2 Å². The van der Waals surface area contributed by atoms with Gasteiger partial charge in [-0.25, -0.2) is 4.39 Å². The van der Waals surface area contributed by atoms with Gasteiger partial charge in [0.2, 0.25) is 0 Å². The summed E-state index contributed by atoms with van der Waals surface area (Å²) in [6.45, 7) is 10.0. The molecule has 1 saturated heterocycles. The fourth-order valence-electron chi connectivity index (χ4n) is 2.39. The summed E-state index contributed by atoms with van der Waals surface area (Å²) >= 11 is 1.39. The zero-order valence-corrected chi connectivity index (χ0v) is 16.4. The van der Waals surface area contributed by atoms with E-state index in [1.54, 1.807) is 13.0 Å². The van der Waals surface area contributed by atoms with Crippen molar-refractivity contribution in [1.29, 1.82) is 0 Å². The minimum absolute atomic E-state index is 0.209. The molecule has 1 aromatic rings. The number of carbonyl (C=O) groups is 1. The standard InChI is InChI=1S/C18H26BFO4S/c1-6-22-16(21)8-7-11-25-15-10-9-13(12-14(15)20)19-23-17(2,3)18(4,5)24-19/h9-10,12H,6-8,11H2,1-5H3. The van der Waals surface area contributed by atoms with E-state index in [0.717, 1.165) is 0 Å². The first-order valence-corrected chi connectivity index (χ1v) is 9.58. The Morgan fingerprint density at radius 2 is 1.88 bits per heavy atom. The monoisotopic (exact) mass is 368 g/mol. The van der Waals surface area contributed by atoms with Gasteiger partial charge in [0.15, 0.2) is 0 Å². The van der Waals surface area contributed by atoms with Crippen molar-refractivity contribution >= 4 is 30.3 Å². The lowest BCUT2D eigenvalue weighted by Gasteiger charge is -2.32. The summed E-state index contributed by atoms with van der Waals surface area (Å²) in [5.74, 6) is 0.152. The van der Waals surface area contributed by atoms with Crippen LogP contribution in [0.3, 0.4) is 0 Å². The number of carbonyl (C=O) groups excluding carboxylic acids is 1.